The van der Waals surface area contributed by atoms with Crippen LogP contribution in [0.2, 0.25) is 0 Å². The number of hydrogen-bond donors (Lipinski definition) is 0. The van der Waals surface area contributed by atoms with E-state index in [9.17, 15) is 26.7 Å². The van der Waals surface area contributed by atoms with Gasteiger partial charge < -0.3 is 37.9 Å². The Balaban J connectivity index is 1.33. The highest BCUT2D eigenvalue weighted by Gasteiger charge is 2.28. The Hall–Kier alpha value is -1.94. The van der Waals surface area contributed by atoms with Gasteiger partial charge in [-0.05, 0) is 19.3 Å². The maximum atomic E-state index is 13.5. The summed E-state index contributed by atoms with van der Waals surface area (Å²) in [4.78, 5) is 11.6. The molecule has 14 heteroatoms. The highest BCUT2D eigenvalue weighted by molar-refractivity contribution is 5.72. The lowest BCUT2D eigenvalue weighted by Gasteiger charge is -2.22. The van der Waals surface area contributed by atoms with Gasteiger partial charge in [0.2, 0.25) is 34.8 Å². The molecule has 1 aromatic carbocycles. The highest BCUT2D eigenvalue weighted by atomic mass is 19.2. The first-order valence-electron chi connectivity index (χ1n) is 12.3. The molecule has 1 aromatic rings. The lowest BCUT2D eigenvalue weighted by atomic mass is 10.2. The Morgan fingerprint density at radius 3 is 1.55 bits per heavy atom. The lowest BCUT2D eigenvalue weighted by molar-refractivity contribution is -0.169. The van der Waals surface area contributed by atoms with E-state index in [2.05, 4.69) is 4.74 Å². The summed E-state index contributed by atoms with van der Waals surface area (Å²) in [5.41, 5.74) is 0. The fourth-order valence-electron chi connectivity index (χ4n) is 3.06. The third-order valence-electron chi connectivity index (χ3n) is 4.99. The Morgan fingerprint density at radius 2 is 1.08 bits per heavy atom. The molecular weight excluding hydrogens is 527 g/mol. The summed E-state index contributed by atoms with van der Waals surface area (Å²) >= 11 is 0. The molecule has 0 amide bonds. The molecule has 1 unspecified atom stereocenters. The van der Waals surface area contributed by atoms with Gasteiger partial charge in [-0.15, -0.1) is 0 Å². The quantitative estimate of drug-likeness (QED) is 0.0595. The van der Waals surface area contributed by atoms with Gasteiger partial charge in [0.25, 0.3) is 0 Å². The minimum absolute atomic E-state index is 0.0949. The molecule has 1 aliphatic rings. The number of benzene rings is 1. The summed E-state index contributed by atoms with van der Waals surface area (Å²) in [6, 6.07) is 0. The summed E-state index contributed by atoms with van der Waals surface area (Å²) in [7, 11) is 0. The van der Waals surface area contributed by atoms with E-state index in [0.717, 1.165) is 25.9 Å². The maximum Gasteiger partial charge on any atom is 0.313 e. The van der Waals surface area contributed by atoms with Crippen molar-refractivity contribution in [3.05, 3.63) is 29.1 Å². The zero-order chi connectivity index (χ0) is 27.6. The second-order valence-corrected chi connectivity index (χ2v) is 7.85. The van der Waals surface area contributed by atoms with Gasteiger partial charge in [0.1, 0.15) is 0 Å². The van der Waals surface area contributed by atoms with E-state index in [-0.39, 0.29) is 26.1 Å². The van der Waals surface area contributed by atoms with Crippen molar-refractivity contribution in [1.82, 2.24) is 0 Å². The van der Waals surface area contributed by atoms with Gasteiger partial charge in [-0.2, -0.15) is 8.78 Å². The van der Waals surface area contributed by atoms with E-state index in [1.54, 1.807) is 0 Å². The van der Waals surface area contributed by atoms with Crippen LogP contribution in [-0.4, -0.2) is 91.5 Å². The zero-order valence-electron chi connectivity index (χ0n) is 21.0. The number of halogens is 5. The van der Waals surface area contributed by atoms with Gasteiger partial charge in [0.05, 0.1) is 79.1 Å². The number of esters is 1. The monoisotopic (exact) mass is 560 g/mol. The van der Waals surface area contributed by atoms with Crippen molar-refractivity contribution in [2.45, 2.75) is 32.0 Å². The Bertz CT molecular complexity index is 796. The van der Waals surface area contributed by atoms with E-state index in [4.69, 9.17) is 33.2 Å². The summed E-state index contributed by atoms with van der Waals surface area (Å²) in [6.45, 7) is 4.06. The van der Waals surface area contributed by atoms with Crippen LogP contribution in [0.5, 0.6) is 5.75 Å². The van der Waals surface area contributed by atoms with Crippen LogP contribution in [0.3, 0.4) is 0 Å². The molecule has 1 heterocycles. The number of hydrogen-bond acceptors (Lipinski definition) is 9. The number of ether oxygens (including phenoxy) is 8. The van der Waals surface area contributed by atoms with Crippen molar-refractivity contribution in [2.24, 2.45) is 0 Å². The van der Waals surface area contributed by atoms with Crippen molar-refractivity contribution < 1.29 is 64.6 Å². The van der Waals surface area contributed by atoms with Gasteiger partial charge in [0.15, 0.2) is 6.29 Å². The topological polar surface area (TPSA) is 90.9 Å². The van der Waals surface area contributed by atoms with E-state index < -0.39 is 47.2 Å². The molecule has 1 fully saturated rings. The van der Waals surface area contributed by atoms with Gasteiger partial charge >= 0.3 is 5.97 Å². The molecule has 0 radical (unpaired) electrons. The maximum absolute atomic E-state index is 13.5. The van der Waals surface area contributed by atoms with E-state index in [0.29, 0.717) is 52.9 Å². The number of carbonyl (C=O) groups excluding carboxylic acids is 1. The van der Waals surface area contributed by atoms with Crippen molar-refractivity contribution in [1.29, 1.82) is 0 Å². The standard InChI is InChI=1S/C24H33F5O9/c25-19-20(26)22(28)24(23(29)21(19)27)38-17(30)4-6-31-7-8-32-9-10-33-11-12-34-13-14-35-15-16-37-18-3-1-2-5-36-18/h18H,1-16H2. The van der Waals surface area contributed by atoms with Gasteiger partial charge in [-0.3, -0.25) is 4.79 Å². The molecule has 218 valence electrons. The predicted octanol–water partition coefficient (Wildman–Crippen LogP) is 3.30. The van der Waals surface area contributed by atoms with Crippen LogP contribution in [0.4, 0.5) is 22.0 Å². The average Bonchev–Trinajstić information content (AvgIpc) is 2.93. The molecule has 1 saturated heterocycles. The Labute approximate surface area is 217 Å². The van der Waals surface area contributed by atoms with E-state index in [1.807, 2.05) is 0 Å². The van der Waals surface area contributed by atoms with Crippen molar-refractivity contribution in [2.75, 3.05) is 79.3 Å². The van der Waals surface area contributed by atoms with E-state index >= 15 is 0 Å². The SMILES string of the molecule is O=C(CCOCCOCCOCCOCCOCCOC1CCCCO1)Oc1c(F)c(F)c(F)c(F)c1F. The lowest BCUT2D eigenvalue weighted by Crippen LogP contribution is -2.24. The molecule has 9 nitrogen and oxygen atoms in total. The third-order valence-corrected chi connectivity index (χ3v) is 4.99. The first-order chi connectivity index (χ1) is 18.4. The largest absolute Gasteiger partial charge is 0.420 e. The van der Waals surface area contributed by atoms with Crippen molar-refractivity contribution in [3.63, 3.8) is 0 Å². The van der Waals surface area contributed by atoms with Gasteiger partial charge in [-0.1, -0.05) is 0 Å². The molecule has 2 rings (SSSR count). The summed E-state index contributed by atoms with van der Waals surface area (Å²) < 4.78 is 108. The molecule has 0 spiro atoms. The first kappa shape index (κ1) is 32.3. The number of carbonyl (C=O) groups is 1. The molecule has 0 saturated carbocycles. The third kappa shape index (κ3) is 12.3. The van der Waals surface area contributed by atoms with Crippen LogP contribution >= 0.6 is 0 Å². The minimum atomic E-state index is -2.34. The smallest absolute Gasteiger partial charge is 0.313 e. The number of rotatable bonds is 20. The second kappa shape index (κ2) is 19.2. The molecular formula is C24H33F5O9. The normalized spacial score (nSPS) is 15.7. The Morgan fingerprint density at radius 1 is 0.632 bits per heavy atom. The predicted molar refractivity (Wildman–Crippen MR) is 120 cm³/mol. The van der Waals surface area contributed by atoms with Gasteiger partial charge in [0, 0.05) is 6.61 Å². The molecule has 0 aliphatic carbocycles. The summed E-state index contributed by atoms with van der Waals surface area (Å²) in [6.07, 6.45) is 2.53. The van der Waals surface area contributed by atoms with Crippen LogP contribution in [0, 0.1) is 29.1 Å². The second-order valence-electron chi connectivity index (χ2n) is 7.85. The Kier molecular flexibility index (Phi) is 16.3. The molecule has 38 heavy (non-hydrogen) atoms. The van der Waals surface area contributed by atoms with Crippen LogP contribution in [0.1, 0.15) is 25.7 Å². The molecule has 1 atom stereocenters. The first-order valence-corrected chi connectivity index (χ1v) is 12.3. The van der Waals surface area contributed by atoms with Crippen LogP contribution < -0.4 is 4.74 Å². The van der Waals surface area contributed by atoms with Crippen molar-refractivity contribution >= 4 is 5.97 Å². The molecule has 1 aliphatic heterocycles. The average molecular weight is 561 g/mol. The van der Waals surface area contributed by atoms with E-state index in [1.165, 1.54) is 0 Å². The zero-order valence-corrected chi connectivity index (χ0v) is 21.0. The fourth-order valence-corrected chi connectivity index (χ4v) is 3.06. The summed E-state index contributed by atoms with van der Waals surface area (Å²) in [5, 5.41) is 0. The van der Waals surface area contributed by atoms with Gasteiger partial charge in [-0.25, -0.2) is 13.2 Å². The van der Waals surface area contributed by atoms with Crippen LogP contribution in [-0.2, 0) is 38.0 Å². The molecule has 0 aromatic heterocycles. The fraction of sp³-hybridized carbons (Fsp3) is 0.708. The van der Waals surface area contributed by atoms with Crippen molar-refractivity contribution in [3.8, 4) is 5.75 Å². The highest BCUT2D eigenvalue weighted by Crippen LogP contribution is 2.29. The minimum Gasteiger partial charge on any atom is -0.420 e. The summed E-state index contributed by atoms with van der Waals surface area (Å²) in [5.74, 6) is -14.1. The molecule has 0 N–H and O–H groups in total. The molecule has 0 bridgehead atoms. The van der Waals surface area contributed by atoms with Crippen LogP contribution in [0.15, 0.2) is 0 Å². The van der Waals surface area contributed by atoms with Crippen LogP contribution in [0.25, 0.3) is 0 Å².